The van der Waals surface area contributed by atoms with Crippen molar-refractivity contribution in [3.63, 3.8) is 0 Å². The van der Waals surface area contributed by atoms with Crippen LogP contribution in [0.15, 0.2) is 30.6 Å². The third kappa shape index (κ3) is 1.92. The fraction of sp³-hybridized carbons (Fsp3) is 0.143. The highest BCUT2D eigenvalue weighted by Crippen LogP contribution is 2.38. The Morgan fingerprint density at radius 3 is 3.00 bits per heavy atom. The van der Waals surface area contributed by atoms with Crippen molar-refractivity contribution in [2.24, 2.45) is 0 Å². The number of hydrogen-bond donors (Lipinski definition) is 1. The van der Waals surface area contributed by atoms with Crippen LogP contribution in [0.1, 0.15) is 15.4 Å². The Morgan fingerprint density at radius 2 is 2.32 bits per heavy atom. The molecule has 0 amide bonds. The molecular weight excluding hydrogens is 260 g/mol. The summed E-state index contributed by atoms with van der Waals surface area (Å²) >= 11 is 1.66. The summed E-state index contributed by atoms with van der Waals surface area (Å²) in [6.07, 6.45) is 3.57. The van der Waals surface area contributed by atoms with Gasteiger partial charge in [-0.3, -0.25) is 4.98 Å². The minimum Gasteiger partial charge on any atom is -0.464 e. The molecule has 0 unspecified atom stereocenters. The van der Waals surface area contributed by atoms with Crippen LogP contribution in [0.3, 0.4) is 0 Å². The maximum Gasteiger partial charge on any atom is 0.354 e. The molecule has 0 atom stereocenters. The predicted octanol–water partition coefficient (Wildman–Crippen LogP) is 3.39. The number of rotatable bonds is 2. The van der Waals surface area contributed by atoms with Crippen molar-refractivity contribution in [1.82, 2.24) is 9.97 Å². The lowest BCUT2D eigenvalue weighted by Gasteiger charge is -2.00. The van der Waals surface area contributed by atoms with E-state index in [4.69, 9.17) is 4.74 Å². The highest BCUT2D eigenvalue weighted by atomic mass is 32.1. The summed E-state index contributed by atoms with van der Waals surface area (Å²) < 4.78 is 5.79. The molecule has 0 aromatic carbocycles. The molecule has 0 saturated carbocycles. The minimum absolute atomic E-state index is 0.349. The highest BCUT2D eigenvalue weighted by Gasteiger charge is 2.17. The fourth-order valence-corrected chi connectivity index (χ4v) is 3.26. The number of aromatic nitrogens is 2. The molecule has 0 bridgehead atoms. The number of nitrogens with zero attached hydrogens (tertiary/aromatic N) is 1. The number of esters is 1. The van der Waals surface area contributed by atoms with Crippen molar-refractivity contribution in [3.05, 3.63) is 41.2 Å². The molecule has 0 saturated heterocycles. The number of nitrogens with one attached hydrogen (secondary N) is 1. The van der Waals surface area contributed by atoms with Gasteiger partial charge in [-0.1, -0.05) is 6.07 Å². The van der Waals surface area contributed by atoms with E-state index in [2.05, 4.69) is 16.9 Å². The Hall–Kier alpha value is -2.14. The first kappa shape index (κ1) is 11.9. The number of pyridine rings is 1. The van der Waals surface area contributed by atoms with Crippen molar-refractivity contribution >= 4 is 27.5 Å². The Morgan fingerprint density at radius 1 is 1.47 bits per heavy atom. The van der Waals surface area contributed by atoms with Gasteiger partial charge in [0.2, 0.25) is 0 Å². The monoisotopic (exact) mass is 272 g/mol. The van der Waals surface area contributed by atoms with Crippen LogP contribution in [0.4, 0.5) is 0 Å². The molecule has 0 spiro atoms. The summed E-state index contributed by atoms with van der Waals surface area (Å²) in [6, 6.07) is 5.75. The SMILES string of the molecule is COC(=O)c1cc2sc(C)c(-c3cccnc3)c2[nH]1. The average molecular weight is 272 g/mol. The van der Waals surface area contributed by atoms with Gasteiger partial charge in [0.15, 0.2) is 0 Å². The van der Waals surface area contributed by atoms with E-state index in [1.165, 1.54) is 12.0 Å². The standard InChI is InChI=1S/C14H12N2O2S/c1-8-12(9-4-3-5-15-7-9)13-11(19-8)6-10(16-13)14(17)18-2/h3-7,16H,1-2H3. The van der Waals surface area contributed by atoms with Gasteiger partial charge in [-0.05, 0) is 19.1 Å². The lowest BCUT2D eigenvalue weighted by atomic mass is 10.1. The van der Waals surface area contributed by atoms with Crippen LogP contribution in [0, 0.1) is 6.92 Å². The number of hydrogen-bond acceptors (Lipinski definition) is 4. The number of fused-ring (bicyclic) bond motifs is 1. The first-order valence-corrected chi connectivity index (χ1v) is 6.63. The molecule has 3 rings (SSSR count). The van der Waals surface area contributed by atoms with Gasteiger partial charge in [-0.15, -0.1) is 11.3 Å². The molecule has 96 valence electrons. The maximum absolute atomic E-state index is 11.6. The highest BCUT2D eigenvalue weighted by molar-refractivity contribution is 7.19. The van der Waals surface area contributed by atoms with Crippen molar-refractivity contribution in [2.45, 2.75) is 6.92 Å². The van der Waals surface area contributed by atoms with Gasteiger partial charge >= 0.3 is 5.97 Å². The van der Waals surface area contributed by atoms with Crippen LogP contribution in [0.5, 0.6) is 0 Å². The number of aromatic amines is 1. The Labute approximate surface area is 114 Å². The molecule has 4 nitrogen and oxygen atoms in total. The zero-order valence-corrected chi connectivity index (χ0v) is 11.4. The molecule has 19 heavy (non-hydrogen) atoms. The van der Waals surface area contributed by atoms with Crippen LogP contribution in [-0.2, 0) is 4.74 Å². The molecule has 5 heteroatoms. The van der Waals surface area contributed by atoms with Crippen molar-refractivity contribution in [3.8, 4) is 11.1 Å². The number of carbonyl (C=O) groups is 1. The second-order valence-electron chi connectivity index (χ2n) is 4.19. The van der Waals surface area contributed by atoms with E-state index in [1.807, 2.05) is 24.4 Å². The minimum atomic E-state index is -0.349. The van der Waals surface area contributed by atoms with E-state index in [0.717, 1.165) is 21.3 Å². The Balaban J connectivity index is 2.21. The van der Waals surface area contributed by atoms with Gasteiger partial charge in [0.05, 0.1) is 17.3 Å². The summed E-state index contributed by atoms with van der Waals surface area (Å²) in [7, 11) is 1.38. The molecule has 0 aliphatic carbocycles. The predicted molar refractivity (Wildman–Crippen MR) is 75.5 cm³/mol. The van der Waals surface area contributed by atoms with E-state index >= 15 is 0 Å². The number of methoxy groups -OCH3 is 1. The second-order valence-corrected chi connectivity index (χ2v) is 5.45. The Bertz CT molecular complexity index is 743. The van der Waals surface area contributed by atoms with E-state index in [9.17, 15) is 4.79 Å². The number of thiophene rings is 1. The fourth-order valence-electron chi connectivity index (χ4n) is 2.17. The van der Waals surface area contributed by atoms with Crippen LogP contribution in [-0.4, -0.2) is 23.0 Å². The Kier molecular flexibility index (Phi) is 2.83. The quantitative estimate of drug-likeness (QED) is 0.727. The van der Waals surface area contributed by atoms with Crippen molar-refractivity contribution in [1.29, 1.82) is 0 Å². The molecule has 3 aromatic heterocycles. The third-order valence-corrected chi connectivity index (χ3v) is 4.05. The maximum atomic E-state index is 11.6. The van der Waals surface area contributed by atoms with Crippen molar-refractivity contribution < 1.29 is 9.53 Å². The molecular formula is C14H12N2O2S. The summed E-state index contributed by atoms with van der Waals surface area (Å²) in [5.41, 5.74) is 3.59. The zero-order valence-electron chi connectivity index (χ0n) is 10.6. The smallest absolute Gasteiger partial charge is 0.354 e. The van der Waals surface area contributed by atoms with Gasteiger partial charge in [0, 0.05) is 28.4 Å². The van der Waals surface area contributed by atoms with Gasteiger partial charge in [-0.2, -0.15) is 0 Å². The molecule has 0 fully saturated rings. The average Bonchev–Trinajstić information content (AvgIpc) is 2.95. The van der Waals surface area contributed by atoms with Crippen LogP contribution in [0.2, 0.25) is 0 Å². The van der Waals surface area contributed by atoms with E-state index in [0.29, 0.717) is 5.69 Å². The lowest BCUT2D eigenvalue weighted by Crippen LogP contribution is -2.00. The first-order chi connectivity index (χ1) is 9.20. The van der Waals surface area contributed by atoms with Crippen LogP contribution in [0.25, 0.3) is 21.3 Å². The second kappa shape index (κ2) is 4.51. The van der Waals surface area contributed by atoms with Crippen LogP contribution >= 0.6 is 11.3 Å². The summed E-state index contributed by atoms with van der Waals surface area (Å²) in [5.74, 6) is -0.349. The number of ether oxygens (including phenoxy) is 1. The molecule has 3 aromatic rings. The molecule has 0 aliphatic heterocycles. The lowest BCUT2D eigenvalue weighted by molar-refractivity contribution is 0.0595. The first-order valence-electron chi connectivity index (χ1n) is 5.81. The molecule has 3 heterocycles. The van der Waals surface area contributed by atoms with Gasteiger partial charge < -0.3 is 9.72 Å². The zero-order chi connectivity index (χ0) is 13.4. The summed E-state index contributed by atoms with van der Waals surface area (Å²) in [4.78, 5) is 20.0. The molecule has 1 N–H and O–H groups in total. The van der Waals surface area contributed by atoms with Gasteiger partial charge in [0.25, 0.3) is 0 Å². The van der Waals surface area contributed by atoms with E-state index < -0.39 is 0 Å². The van der Waals surface area contributed by atoms with Gasteiger partial charge in [-0.25, -0.2) is 4.79 Å². The normalized spacial score (nSPS) is 10.8. The van der Waals surface area contributed by atoms with E-state index in [1.54, 1.807) is 17.5 Å². The van der Waals surface area contributed by atoms with Crippen molar-refractivity contribution in [2.75, 3.05) is 7.11 Å². The summed E-state index contributed by atoms with van der Waals surface area (Å²) in [6.45, 7) is 2.07. The number of carbonyl (C=O) groups excluding carboxylic acids is 1. The number of H-pyrrole nitrogens is 1. The molecule has 0 radical (unpaired) electrons. The number of aryl methyl sites for hydroxylation is 1. The van der Waals surface area contributed by atoms with Crippen LogP contribution < -0.4 is 0 Å². The topological polar surface area (TPSA) is 55.0 Å². The largest absolute Gasteiger partial charge is 0.464 e. The van der Waals surface area contributed by atoms with E-state index in [-0.39, 0.29) is 5.97 Å². The third-order valence-electron chi connectivity index (χ3n) is 3.00. The summed E-state index contributed by atoms with van der Waals surface area (Å²) in [5, 5.41) is 0. The van der Waals surface area contributed by atoms with Gasteiger partial charge in [0.1, 0.15) is 5.69 Å². The molecule has 0 aliphatic rings.